The minimum Gasteiger partial charge on any atom is -0.316 e. The first-order valence-electron chi connectivity index (χ1n) is 4.91. The van der Waals surface area contributed by atoms with Crippen molar-refractivity contribution in [2.45, 2.75) is 19.3 Å². The molecule has 2 nitrogen and oxygen atoms in total. The predicted octanol–water partition coefficient (Wildman–Crippen LogP) is 0.937. The maximum atomic E-state index is 13.7. The molecule has 0 aromatic heterocycles. The van der Waals surface area contributed by atoms with Crippen LogP contribution in [0.15, 0.2) is 0 Å². The summed E-state index contributed by atoms with van der Waals surface area (Å²) in [5.41, 5.74) is -0.761. The number of nitrogens with one attached hydrogen (secondary N) is 1. The Hall–Kier alpha value is -0.220. The van der Waals surface area contributed by atoms with Crippen molar-refractivity contribution < 1.29 is 8.78 Å². The number of alkyl halides is 2. The monoisotopic (exact) mass is 190 g/mol. The van der Waals surface area contributed by atoms with Crippen LogP contribution in [0.3, 0.4) is 0 Å². The zero-order chi connectivity index (χ0) is 9.53. The molecule has 2 heterocycles. The van der Waals surface area contributed by atoms with Crippen molar-refractivity contribution in [1.82, 2.24) is 10.2 Å². The highest BCUT2D eigenvalue weighted by Crippen LogP contribution is 2.47. The summed E-state index contributed by atoms with van der Waals surface area (Å²) in [6, 6.07) is 0. The standard InChI is InChI=1S/C9H16F2N2/c1-2-13-6-8(3-4-12-5-8)9(10,11)7-13/h12H,2-7H2,1H3. The van der Waals surface area contributed by atoms with Crippen molar-refractivity contribution in [3.63, 3.8) is 0 Å². The summed E-state index contributed by atoms with van der Waals surface area (Å²) < 4.78 is 27.3. The largest absolute Gasteiger partial charge is 0.316 e. The second-order valence-electron chi connectivity index (χ2n) is 4.21. The Labute approximate surface area is 77.3 Å². The van der Waals surface area contributed by atoms with Gasteiger partial charge in [-0.1, -0.05) is 6.92 Å². The molecule has 0 aliphatic carbocycles. The molecule has 2 rings (SSSR count). The van der Waals surface area contributed by atoms with Crippen LogP contribution in [-0.2, 0) is 0 Å². The molecule has 0 aromatic carbocycles. The predicted molar refractivity (Wildman–Crippen MR) is 47.0 cm³/mol. The number of hydrogen-bond donors (Lipinski definition) is 1. The average molecular weight is 190 g/mol. The Morgan fingerprint density at radius 2 is 2.15 bits per heavy atom. The van der Waals surface area contributed by atoms with Crippen molar-refractivity contribution in [2.75, 3.05) is 32.7 Å². The van der Waals surface area contributed by atoms with Crippen molar-refractivity contribution in [3.05, 3.63) is 0 Å². The molecule has 2 saturated heterocycles. The summed E-state index contributed by atoms with van der Waals surface area (Å²) in [5.74, 6) is -2.49. The van der Waals surface area contributed by atoms with E-state index in [9.17, 15) is 8.78 Å². The van der Waals surface area contributed by atoms with Crippen LogP contribution in [-0.4, -0.2) is 43.5 Å². The molecule has 1 N–H and O–H groups in total. The van der Waals surface area contributed by atoms with Gasteiger partial charge in [0.1, 0.15) is 0 Å². The summed E-state index contributed by atoms with van der Waals surface area (Å²) in [6.45, 7) is 4.41. The summed E-state index contributed by atoms with van der Waals surface area (Å²) >= 11 is 0. The molecule has 0 radical (unpaired) electrons. The summed E-state index contributed by atoms with van der Waals surface area (Å²) in [4.78, 5) is 1.85. The molecular weight excluding hydrogens is 174 g/mol. The summed E-state index contributed by atoms with van der Waals surface area (Å²) in [5, 5.41) is 3.05. The van der Waals surface area contributed by atoms with Gasteiger partial charge in [0.2, 0.25) is 0 Å². The Balaban J connectivity index is 2.18. The molecule has 1 spiro atoms. The van der Waals surface area contributed by atoms with Crippen molar-refractivity contribution in [1.29, 1.82) is 0 Å². The Morgan fingerprint density at radius 1 is 1.38 bits per heavy atom. The zero-order valence-electron chi connectivity index (χ0n) is 7.95. The maximum Gasteiger partial charge on any atom is 0.268 e. The van der Waals surface area contributed by atoms with Crippen molar-refractivity contribution in [2.24, 2.45) is 5.41 Å². The van der Waals surface area contributed by atoms with Crippen molar-refractivity contribution >= 4 is 0 Å². The Kier molecular flexibility index (Phi) is 2.07. The van der Waals surface area contributed by atoms with Gasteiger partial charge in [0.15, 0.2) is 0 Å². The maximum absolute atomic E-state index is 13.7. The second kappa shape index (κ2) is 2.89. The molecule has 2 aliphatic rings. The fourth-order valence-corrected chi connectivity index (χ4v) is 2.46. The number of nitrogens with zero attached hydrogens (tertiary/aromatic N) is 1. The van der Waals surface area contributed by atoms with Crippen LogP contribution in [0.25, 0.3) is 0 Å². The van der Waals surface area contributed by atoms with Gasteiger partial charge in [-0.05, 0) is 19.5 Å². The molecule has 1 atom stereocenters. The summed E-state index contributed by atoms with van der Waals surface area (Å²) in [6.07, 6.45) is 0.622. The average Bonchev–Trinajstić information content (AvgIpc) is 2.61. The number of halogens is 2. The molecule has 2 aliphatic heterocycles. The van der Waals surface area contributed by atoms with Gasteiger partial charge >= 0.3 is 0 Å². The van der Waals surface area contributed by atoms with E-state index in [4.69, 9.17) is 0 Å². The van der Waals surface area contributed by atoms with E-state index in [-0.39, 0.29) is 6.54 Å². The topological polar surface area (TPSA) is 15.3 Å². The third-order valence-corrected chi connectivity index (χ3v) is 3.42. The SMILES string of the molecule is CCN1CC(F)(F)C2(CCNC2)C1. The van der Waals surface area contributed by atoms with Gasteiger partial charge in [0.05, 0.1) is 12.0 Å². The minimum absolute atomic E-state index is 0.0504. The lowest BCUT2D eigenvalue weighted by Gasteiger charge is -2.28. The lowest BCUT2D eigenvalue weighted by Crippen LogP contribution is -2.41. The first-order valence-corrected chi connectivity index (χ1v) is 4.91. The third-order valence-electron chi connectivity index (χ3n) is 3.42. The highest BCUT2D eigenvalue weighted by atomic mass is 19.3. The van der Waals surface area contributed by atoms with E-state index in [1.165, 1.54) is 0 Å². The number of likely N-dealkylation sites (tertiary alicyclic amines) is 1. The van der Waals surface area contributed by atoms with Crippen LogP contribution in [0, 0.1) is 5.41 Å². The van der Waals surface area contributed by atoms with Gasteiger partial charge in [-0.3, -0.25) is 4.90 Å². The van der Waals surface area contributed by atoms with Gasteiger partial charge < -0.3 is 5.32 Å². The Morgan fingerprint density at radius 3 is 2.62 bits per heavy atom. The Bertz CT molecular complexity index is 200. The van der Waals surface area contributed by atoms with E-state index in [1.807, 2.05) is 11.8 Å². The highest BCUT2D eigenvalue weighted by Gasteiger charge is 2.60. The van der Waals surface area contributed by atoms with Crippen LogP contribution in [0.2, 0.25) is 0 Å². The highest BCUT2D eigenvalue weighted by molar-refractivity contribution is 5.06. The lowest BCUT2D eigenvalue weighted by atomic mass is 9.83. The van der Waals surface area contributed by atoms with Gasteiger partial charge in [-0.15, -0.1) is 0 Å². The molecular formula is C9H16F2N2. The van der Waals surface area contributed by atoms with Crippen LogP contribution in [0.5, 0.6) is 0 Å². The van der Waals surface area contributed by atoms with Crippen LogP contribution in [0.1, 0.15) is 13.3 Å². The molecule has 76 valence electrons. The van der Waals surface area contributed by atoms with E-state index < -0.39 is 11.3 Å². The van der Waals surface area contributed by atoms with Crippen LogP contribution in [0.4, 0.5) is 8.78 Å². The fourth-order valence-electron chi connectivity index (χ4n) is 2.46. The van der Waals surface area contributed by atoms with Crippen molar-refractivity contribution in [3.8, 4) is 0 Å². The second-order valence-corrected chi connectivity index (χ2v) is 4.21. The molecule has 2 fully saturated rings. The zero-order valence-corrected chi connectivity index (χ0v) is 7.95. The lowest BCUT2D eigenvalue weighted by molar-refractivity contribution is -0.0746. The quantitative estimate of drug-likeness (QED) is 0.662. The third kappa shape index (κ3) is 1.27. The van der Waals surface area contributed by atoms with Gasteiger partial charge in [-0.25, -0.2) is 8.78 Å². The van der Waals surface area contributed by atoms with Gasteiger partial charge in [-0.2, -0.15) is 0 Å². The van der Waals surface area contributed by atoms with E-state index in [0.29, 0.717) is 19.5 Å². The molecule has 13 heavy (non-hydrogen) atoms. The fraction of sp³-hybridized carbons (Fsp3) is 1.00. The van der Waals surface area contributed by atoms with E-state index in [0.717, 1.165) is 13.1 Å². The van der Waals surface area contributed by atoms with Gasteiger partial charge in [0.25, 0.3) is 5.92 Å². The first kappa shape index (κ1) is 9.34. The van der Waals surface area contributed by atoms with Crippen LogP contribution >= 0.6 is 0 Å². The van der Waals surface area contributed by atoms with E-state index in [2.05, 4.69) is 5.32 Å². The number of hydrogen-bond acceptors (Lipinski definition) is 2. The van der Waals surface area contributed by atoms with Gasteiger partial charge in [0, 0.05) is 13.1 Å². The molecule has 4 heteroatoms. The van der Waals surface area contributed by atoms with Crippen LogP contribution < -0.4 is 5.32 Å². The minimum atomic E-state index is -2.49. The molecule has 1 unspecified atom stereocenters. The smallest absolute Gasteiger partial charge is 0.268 e. The first-order chi connectivity index (χ1) is 6.10. The molecule has 0 amide bonds. The molecule has 0 aromatic rings. The van der Waals surface area contributed by atoms with E-state index in [1.54, 1.807) is 0 Å². The molecule has 0 saturated carbocycles. The molecule has 0 bridgehead atoms. The normalized spacial score (nSPS) is 39.0. The number of rotatable bonds is 1. The van der Waals surface area contributed by atoms with E-state index >= 15 is 0 Å². The summed E-state index contributed by atoms with van der Waals surface area (Å²) in [7, 11) is 0.